The molecule has 0 spiro atoms. The smallest absolute Gasteiger partial charge is 0.160 e. The first-order chi connectivity index (χ1) is 10.4. The van der Waals surface area contributed by atoms with Crippen molar-refractivity contribution in [2.45, 2.75) is 31.8 Å². The second kappa shape index (κ2) is 5.30. The molecular weight excluding hydrogens is 260 g/mol. The molecule has 0 amide bonds. The molecule has 0 fully saturated rings. The standard InChI is InChI=1S/C17H18N4/c1-2-8-14-13(6-1)7-5-9-15(14)18-12-17-20-19-16-10-3-4-11-21(16)17/h1-4,6,8,10-11,15,18H,5,7,9,12H2. The van der Waals surface area contributed by atoms with E-state index < -0.39 is 0 Å². The largest absolute Gasteiger partial charge is 0.303 e. The lowest BCUT2D eigenvalue weighted by atomic mass is 9.88. The van der Waals surface area contributed by atoms with Gasteiger partial charge in [-0.05, 0) is 42.5 Å². The number of hydrogen-bond donors (Lipinski definition) is 1. The number of pyridine rings is 1. The highest BCUT2D eigenvalue weighted by molar-refractivity contribution is 5.37. The fraction of sp³-hybridized carbons (Fsp3) is 0.294. The SMILES string of the molecule is c1ccc2c(c1)CCCC2NCc1nnc2ccccn12. The van der Waals surface area contributed by atoms with Crippen LogP contribution in [0.5, 0.6) is 0 Å². The van der Waals surface area contributed by atoms with Crippen molar-refractivity contribution < 1.29 is 0 Å². The van der Waals surface area contributed by atoms with E-state index in [1.54, 1.807) is 0 Å². The highest BCUT2D eigenvalue weighted by Gasteiger charge is 2.19. The molecule has 21 heavy (non-hydrogen) atoms. The van der Waals surface area contributed by atoms with E-state index in [0.717, 1.165) is 18.0 Å². The predicted octanol–water partition coefficient (Wildman–Crippen LogP) is 2.90. The molecule has 4 nitrogen and oxygen atoms in total. The second-order valence-electron chi connectivity index (χ2n) is 5.57. The van der Waals surface area contributed by atoms with E-state index in [2.05, 4.69) is 39.8 Å². The number of benzene rings is 1. The summed E-state index contributed by atoms with van der Waals surface area (Å²) in [6, 6.07) is 15.1. The summed E-state index contributed by atoms with van der Waals surface area (Å²) in [6.45, 7) is 0.740. The van der Waals surface area contributed by atoms with Crippen LogP contribution in [0.1, 0.15) is 35.8 Å². The summed E-state index contributed by atoms with van der Waals surface area (Å²) < 4.78 is 2.04. The molecule has 1 unspecified atom stereocenters. The number of aryl methyl sites for hydroxylation is 1. The first-order valence-corrected chi connectivity index (χ1v) is 7.51. The normalized spacial score (nSPS) is 17.8. The summed E-state index contributed by atoms with van der Waals surface area (Å²) in [5, 5.41) is 12.1. The van der Waals surface area contributed by atoms with E-state index in [-0.39, 0.29) is 0 Å². The van der Waals surface area contributed by atoms with Crippen molar-refractivity contribution in [2.75, 3.05) is 0 Å². The highest BCUT2D eigenvalue weighted by atomic mass is 15.3. The van der Waals surface area contributed by atoms with Crippen LogP contribution in [0, 0.1) is 0 Å². The Labute approximate surface area is 123 Å². The molecule has 3 aromatic rings. The molecule has 0 radical (unpaired) electrons. The Kier molecular flexibility index (Phi) is 3.16. The molecule has 2 heterocycles. The van der Waals surface area contributed by atoms with Gasteiger partial charge in [-0.3, -0.25) is 4.40 Å². The fourth-order valence-corrected chi connectivity index (χ4v) is 3.19. The van der Waals surface area contributed by atoms with Gasteiger partial charge in [0, 0.05) is 12.2 Å². The molecule has 0 saturated carbocycles. The van der Waals surface area contributed by atoms with Crippen LogP contribution in [-0.2, 0) is 13.0 Å². The minimum absolute atomic E-state index is 0.422. The summed E-state index contributed by atoms with van der Waals surface area (Å²) in [4.78, 5) is 0. The van der Waals surface area contributed by atoms with E-state index in [0.29, 0.717) is 6.04 Å². The zero-order chi connectivity index (χ0) is 14.1. The zero-order valence-corrected chi connectivity index (χ0v) is 11.9. The molecule has 1 aliphatic rings. The quantitative estimate of drug-likeness (QED) is 0.801. The third-order valence-electron chi connectivity index (χ3n) is 4.26. The minimum atomic E-state index is 0.422. The van der Waals surface area contributed by atoms with Gasteiger partial charge in [0.25, 0.3) is 0 Å². The van der Waals surface area contributed by atoms with Gasteiger partial charge in [-0.2, -0.15) is 0 Å². The molecular formula is C17H18N4. The maximum Gasteiger partial charge on any atom is 0.160 e. The Balaban J connectivity index is 1.55. The molecule has 106 valence electrons. The average molecular weight is 278 g/mol. The Morgan fingerprint density at radius 1 is 1.10 bits per heavy atom. The van der Waals surface area contributed by atoms with Crippen LogP contribution in [0.25, 0.3) is 5.65 Å². The molecule has 1 N–H and O–H groups in total. The third-order valence-corrected chi connectivity index (χ3v) is 4.26. The van der Waals surface area contributed by atoms with Gasteiger partial charge in [-0.15, -0.1) is 10.2 Å². The van der Waals surface area contributed by atoms with E-state index in [9.17, 15) is 0 Å². The summed E-state index contributed by atoms with van der Waals surface area (Å²) in [5.74, 6) is 0.966. The lowest BCUT2D eigenvalue weighted by molar-refractivity contribution is 0.452. The van der Waals surface area contributed by atoms with Crippen LogP contribution in [0.2, 0.25) is 0 Å². The fourth-order valence-electron chi connectivity index (χ4n) is 3.19. The summed E-state index contributed by atoms with van der Waals surface area (Å²) in [6.07, 6.45) is 5.65. The molecule has 1 aliphatic carbocycles. The summed E-state index contributed by atoms with van der Waals surface area (Å²) in [7, 11) is 0. The van der Waals surface area contributed by atoms with Gasteiger partial charge in [0.05, 0.1) is 6.54 Å². The van der Waals surface area contributed by atoms with Crippen LogP contribution in [0.4, 0.5) is 0 Å². The topological polar surface area (TPSA) is 42.2 Å². The maximum absolute atomic E-state index is 4.29. The number of fused-ring (bicyclic) bond motifs is 2. The first kappa shape index (κ1) is 12.5. The molecule has 1 aromatic carbocycles. The molecule has 1 atom stereocenters. The van der Waals surface area contributed by atoms with Crippen molar-refractivity contribution in [2.24, 2.45) is 0 Å². The molecule has 0 aliphatic heterocycles. The van der Waals surface area contributed by atoms with Crippen LogP contribution >= 0.6 is 0 Å². The Hall–Kier alpha value is -2.20. The lowest BCUT2D eigenvalue weighted by Crippen LogP contribution is -2.25. The number of rotatable bonds is 3. The van der Waals surface area contributed by atoms with E-state index in [1.807, 2.05) is 28.8 Å². The van der Waals surface area contributed by atoms with Gasteiger partial charge >= 0.3 is 0 Å². The minimum Gasteiger partial charge on any atom is -0.303 e. The Bertz CT molecular complexity index is 762. The van der Waals surface area contributed by atoms with Crippen LogP contribution in [-0.4, -0.2) is 14.6 Å². The number of nitrogens with one attached hydrogen (secondary N) is 1. The van der Waals surface area contributed by atoms with Crippen molar-refractivity contribution in [3.8, 4) is 0 Å². The Morgan fingerprint density at radius 2 is 2.00 bits per heavy atom. The van der Waals surface area contributed by atoms with Gasteiger partial charge in [0.2, 0.25) is 0 Å². The Morgan fingerprint density at radius 3 is 3.00 bits per heavy atom. The predicted molar refractivity (Wildman–Crippen MR) is 81.9 cm³/mol. The number of hydrogen-bond acceptors (Lipinski definition) is 3. The molecule has 4 rings (SSSR count). The number of aromatic nitrogens is 3. The first-order valence-electron chi connectivity index (χ1n) is 7.51. The van der Waals surface area contributed by atoms with E-state index >= 15 is 0 Å². The van der Waals surface area contributed by atoms with E-state index in [4.69, 9.17) is 0 Å². The van der Waals surface area contributed by atoms with E-state index in [1.165, 1.54) is 30.4 Å². The van der Waals surface area contributed by atoms with Crippen molar-refractivity contribution in [3.05, 3.63) is 65.6 Å². The highest BCUT2D eigenvalue weighted by Crippen LogP contribution is 2.29. The summed E-state index contributed by atoms with van der Waals surface area (Å²) in [5.41, 5.74) is 3.82. The molecule has 0 bridgehead atoms. The van der Waals surface area contributed by atoms with Gasteiger partial charge < -0.3 is 5.32 Å². The van der Waals surface area contributed by atoms with Crippen molar-refractivity contribution in [1.82, 2.24) is 19.9 Å². The second-order valence-corrected chi connectivity index (χ2v) is 5.57. The van der Waals surface area contributed by atoms with Crippen molar-refractivity contribution in [1.29, 1.82) is 0 Å². The molecule has 4 heteroatoms. The van der Waals surface area contributed by atoms with Crippen LogP contribution in [0.3, 0.4) is 0 Å². The monoisotopic (exact) mass is 278 g/mol. The maximum atomic E-state index is 4.29. The third kappa shape index (κ3) is 2.32. The van der Waals surface area contributed by atoms with Gasteiger partial charge in [0.1, 0.15) is 0 Å². The van der Waals surface area contributed by atoms with Crippen molar-refractivity contribution in [3.63, 3.8) is 0 Å². The molecule has 0 saturated heterocycles. The van der Waals surface area contributed by atoms with Gasteiger partial charge in [-0.1, -0.05) is 30.3 Å². The lowest BCUT2D eigenvalue weighted by Gasteiger charge is -2.26. The van der Waals surface area contributed by atoms with Crippen LogP contribution < -0.4 is 5.32 Å². The summed E-state index contributed by atoms with van der Waals surface area (Å²) >= 11 is 0. The molecule has 2 aromatic heterocycles. The number of nitrogens with zero attached hydrogens (tertiary/aromatic N) is 3. The zero-order valence-electron chi connectivity index (χ0n) is 11.9. The average Bonchev–Trinajstić information content (AvgIpc) is 2.96. The van der Waals surface area contributed by atoms with Crippen LogP contribution in [0.15, 0.2) is 48.7 Å². The van der Waals surface area contributed by atoms with Crippen molar-refractivity contribution >= 4 is 5.65 Å². The van der Waals surface area contributed by atoms with Gasteiger partial charge in [0.15, 0.2) is 11.5 Å². The van der Waals surface area contributed by atoms with Gasteiger partial charge in [-0.25, -0.2) is 0 Å².